The van der Waals surface area contributed by atoms with Crippen LogP contribution >= 0.6 is 12.6 Å². The van der Waals surface area contributed by atoms with Gasteiger partial charge in [0.15, 0.2) is 0 Å². The minimum Gasteiger partial charge on any atom is -0.356 e. The molecule has 2 saturated carbocycles. The van der Waals surface area contributed by atoms with Gasteiger partial charge in [0.2, 0.25) is 5.91 Å². The molecule has 0 aromatic heterocycles. The maximum absolute atomic E-state index is 11.9. The summed E-state index contributed by atoms with van der Waals surface area (Å²) in [4.78, 5) is 11.9. The lowest BCUT2D eigenvalue weighted by molar-refractivity contribution is -0.122. The van der Waals surface area contributed by atoms with Gasteiger partial charge in [-0.25, -0.2) is 0 Å². The van der Waals surface area contributed by atoms with E-state index < -0.39 is 0 Å². The molecule has 0 atom stereocenters. The summed E-state index contributed by atoms with van der Waals surface area (Å²) in [6, 6.07) is 0. The van der Waals surface area contributed by atoms with Crippen molar-refractivity contribution in [3.63, 3.8) is 0 Å². The first-order valence-electron chi connectivity index (χ1n) is 6.95. The fourth-order valence-electron chi connectivity index (χ4n) is 2.86. The Morgan fingerprint density at radius 2 is 1.82 bits per heavy atom. The standard InChI is InChI=1S/C14H25NOS/c1-13(5-3-2-4-6-13)10-15-12(16)9-14(11-17)7-8-14/h17H,2-11H2,1H3,(H,15,16). The van der Waals surface area contributed by atoms with Crippen LogP contribution in [0.2, 0.25) is 0 Å². The van der Waals surface area contributed by atoms with Crippen molar-refractivity contribution < 1.29 is 4.79 Å². The fourth-order valence-corrected chi connectivity index (χ4v) is 3.29. The van der Waals surface area contributed by atoms with Crippen LogP contribution in [0.1, 0.15) is 58.3 Å². The Morgan fingerprint density at radius 1 is 1.18 bits per heavy atom. The van der Waals surface area contributed by atoms with Gasteiger partial charge in [0.25, 0.3) is 0 Å². The Kier molecular flexibility index (Phi) is 4.06. The molecule has 2 aliphatic carbocycles. The summed E-state index contributed by atoms with van der Waals surface area (Å²) in [6.45, 7) is 3.19. The smallest absolute Gasteiger partial charge is 0.220 e. The third-order valence-electron chi connectivity index (χ3n) is 4.60. The average Bonchev–Trinajstić information content (AvgIpc) is 3.08. The predicted octanol–water partition coefficient (Wildman–Crippen LogP) is 3.17. The van der Waals surface area contributed by atoms with Gasteiger partial charge in [-0.2, -0.15) is 12.6 Å². The normalized spacial score (nSPS) is 25.3. The zero-order valence-corrected chi connectivity index (χ0v) is 11.8. The monoisotopic (exact) mass is 255 g/mol. The Balaban J connectivity index is 1.72. The highest BCUT2D eigenvalue weighted by Gasteiger charge is 2.43. The first-order valence-corrected chi connectivity index (χ1v) is 7.58. The molecule has 0 bridgehead atoms. The maximum Gasteiger partial charge on any atom is 0.220 e. The largest absolute Gasteiger partial charge is 0.356 e. The molecule has 2 aliphatic rings. The maximum atomic E-state index is 11.9. The first kappa shape index (κ1) is 13.3. The lowest BCUT2D eigenvalue weighted by atomic mass is 9.76. The van der Waals surface area contributed by atoms with Crippen molar-refractivity contribution in [2.45, 2.75) is 58.3 Å². The number of carbonyl (C=O) groups is 1. The minimum atomic E-state index is 0.239. The second-order valence-electron chi connectivity index (χ2n) is 6.48. The van der Waals surface area contributed by atoms with E-state index in [9.17, 15) is 4.79 Å². The lowest BCUT2D eigenvalue weighted by Crippen LogP contribution is -2.37. The highest BCUT2D eigenvalue weighted by molar-refractivity contribution is 7.80. The molecule has 0 heterocycles. The molecule has 17 heavy (non-hydrogen) atoms. The lowest BCUT2D eigenvalue weighted by Gasteiger charge is -2.33. The molecule has 98 valence electrons. The summed E-state index contributed by atoms with van der Waals surface area (Å²) >= 11 is 4.34. The molecule has 0 aromatic carbocycles. The molecule has 1 amide bonds. The zero-order chi connectivity index (χ0) is 12.4. The van der Waals surface area contributed by atoms with Crippen LogP contribution < -0.4 is 5.32 Å². The van der Waals surface area contributed by atoms with E-state index >= 15 is 0 Å². The second-order valence-corrected chi connectivity index (χ2v) is 6.80. The van der Waals surface area contributed by atoms with Crippen LogP contribution in [0.25, 0.3) is 0 Å². The van der Waals surface area contributed by atoms with Gasteiger partial charge in [0, 0.05) is 13.0 Å². The van der Waals surface area contributed by atoms with Gasteiger partial charge in [-0.1, -0.05) is 26.2 Å². The summed E-state index contributed by atoms with van der Waals surface area (Å²) in [5.74, 6) is 1.10. The van der Waals surface area contributed by atoms with Gasteiger partial charge in [-0.05, 0) is 42.3 Å². The summed E-state index contributed by atoms with van der Waals surface area (Å²) in [5.41, 5.74) is 0.603. The Hall–Kier alpha value is -0.180. The summed E-state index contributed by atoms with van der Waals surface area (Å²) in [5, 5.41) is 3.15. The molecule has 3 heteroatoms. The second kappa shape index (κ2) is 5.21. The highest BCUT2D eigenvalue weighted by Crippen LogP contribution is 2.49. The number of hydrogen-bond acceptors (Lipinski definition) is 2. The Labute approximate surface area is 110 Å². The molecule has 2 rings (SSSR count). The van der Waals surface area contributed by atoms with E-state index in [1.54, 1.807) is 0 Å². The quantitative estimate of drug-likeness (QED) is 0.726. The molecular formula is C14H25NOS. The van der Waals surface area contributed by atoms with Crippen LogP contribution in [0.3, 0.4) is 0 Å². The molecule has 0 unspecified atom stereocenters. The minimum absolute atomic E-state index is 0.239. The van der Waals surface area contributed by atoms with E-state index in [4.69, 9.17) is 0 Å². The van der Waals surface area contributed by atoms with Crippen molar-refractivity contribution in [1.29, 1.82) is 0 Å². The summed E-state index contributed by atoms with van der Waals surface area (Å²) in [6.07, 6.45) is 9.61. The van der Waals surface area contributed by atoms with Crippen LogP contribution in [-0.2, 0) is 4.79 Å². The Morgan fingerprint density at radius 3 is 2.35 bits per heavy atom. The number of carbonyl (C=O) groups excluding carboxylic acids is 1. The molecule has 0 radical (unpaired) electrons. The van der Waals surface area contributed by atoms with Crippen molar-refractivity contribution in [3.05, 3.63) is 0 Å². The van der Waals surface area contributed by atoms with E-state index in [-0.39, 0.29) is 11.3 Å². The average molecular weight is 255 g/mol. The molecule has 0 aromatic rings. The van der Waals surface area contributed by atoms with Gasteiger partial charge >= 0.3 is 0 Å². The molecule has 0 saturated heterocycles. The molecule has 2 fully saturated rings. The van der Waals surface area contributed by atoms with Crippen molar-refractivity contribution in [2.75, 3.05) is 12.3 Å². The van der Waals surface area contributed by atoms with Crippen molar-refractivity contribution in [1.82, 2.24) is 5.32 Å². The van der Waals surface area contributed by atoms with E-state index in [2.05, 4.69) is 24.9 Å². The van der Waals surface area contributed by atoms with Gasteiger partial charge in [-0.15, -0.1) is 0 Å². The number of nitrogens with one attached hydrogen (secondary N) is 1. The molecule has 0 spiro atoms. The number of rotatable bonds is 5. The molecule has 1 N–H and O–H groups in total. The van der Waals surface area contributed by atoms with Crippen LogP contribution in [0.5, 0.6) is 0 Å². The molecule has 2 nitrogen and oxygen atoms in total. The summed E-state index contributed by atoms with van der Waals surface area (Å²) < 4.78 is 0. The van der Waals surface area contributed by atoms with Gasteiger partial charge in [0.1, 0.15) is 0 Å². The number of hydrogen-bond donors (Lipinski definition) is 2. The van der Waals surface area contributed by atoms with Gasteiger partial charge in [0.05, 0.1) is 0 Å². The Bertz CT molecular complexity index is 280. The predicted molar refractivity (Wildman–Crippen MR) is 74.3 cm³/mol. The van der Waals surface area contributed by atoms with Crippen molar-refractivity contribution in [3.8, 4) is 0 Å². The van der Waals surface area contributed by atoms with Crippen LogP contribution in [0.4, 0.5) is 0 Å². The van der Waals surface area contributed by atoms with Crippen molar-refractivity contribution >= 4 is 18.5 Å². The number of amides is 1. The third-order valence-corrected chi connectivity index (χ3v) is 5.27. The first-order chi connectivity index (χ1) is 8.08. The van der Waals surface area contributed by atoms with Gasteiger partial charge in [-0.3, -0.25) is 4.79 Å². The van der Waals surface area contributed by atoms with E-state index in [0.29, 0.717) is 11.8 Å². The van der Waals surface area contributed by atoms with Crippen LogP contribution in [0, 0.1) is 10.8 Å². The van der Waals surface area contributed by atoms with Crippen LogP contribution in [-0.4, -0.2) is 18.2 Å². The fraction of sp³-hybridized carbons (Fsp3) is 0.929. The number of thiol groups is 1. The van der Waals surface area contributed by atoms with E-state index in [1.807, 2.05) is 0 Å². The topological polar surface area (TPSA) is 29.1 Å². The SMILES string of the molecule is CC1(CNC(=O)CC2(CS)CC2)CCCCC1. The highest BCUT2D eigenvalue weighted by atomic mass is 32.1. The summed E-state index contributed by atoms with van der Waals surface area (Å²) in [7, 11) is 0. The van der Waals surface area contributed by atoms with E-state index in [1.165, 1.54) is 44.9 Å². The van der Waals surface area contributed by atoms with Gasteiger partial charge < -0.3 is 5.32 Å². The molecular weight excluding hydrogens is 230 g/mol. The van der Waals surface area contributed by atoms with E-state index in [0.717, 1.165) is 12.3 Å². The van der Waals surface area contributed by atoms with Crippen LogP contribution in [0.15, 0.2) is 0 Å². The van der Waals surface area contributed by atoms with Crippen molar-refractivity contribution in [2.24, 2.45) is 10.8 Å². The third kappa shape index (κ3) is 3.64. The molecule has 0 aliphatic heterocycles. The zero-order valence-electron chi connectivity index (χ0n) is 10.9.